The zero-order valence-electron chi connectivity index (χ0n) is 10.8. The summed E-state index contributed by atoms with van der Waals surface area (Å²) in [6.07, 6.45) is 1.76. The average molecular weight is 274 g/mol. The molecular formula is C14H14N2O4. The number of hydrogen-bond acceptors (Lipinski definition) is 4. The van der Waals surface area contributed by atoms with E-state index in [1.165, 1.54) is 18.2 Å². The molecule has 0 saturated carbocycles. The van der Waals surface area contributed by atoms with Gasteiger partial charge in [0.15, 0.2) is 0 Å². The molecule has 3 N–H and O–H groups in total. The van der Waals surface area contributed by atoms with E-state index in [4.69, 9.17) is 10.2 Å². The Kier molecular flexibility index (Phi) is 5.71. The van der Waals surface area contributed by atoms with Gasteiger partial charge in [0.2, 0.25) is 0 Å². The van der Waals surface area contributed by atoms with Crippen molar-refractivity contribution in [2.75, 3.05) is 12.4 Å². The molecule has 0 aliphatic carbocycles. The maximum atomic E-state index is 10.4. The number of carbonyl (C=O) groups is 2. The first-order chi connectivity index (χ1) is 9.54. The van der Waals surface area contributed by atoms with Crippen LogP contribution in [0.3, 0.4) is 0 Å². The zero-order chi connectivity index (χ0) is 15.0. The number of anilines is 1. The molecular weight excluding hydrogens is 260 g/mol. The summed E-state index contributed by atoms with van der Waals surface area (Å²) in [6.45, 7) is 0. The number of nitrogens with zero attached hydrogens (tertiary/aromatic N) is 1. The standard InChI is InChI=1S/C8H6O4.C6H8N2/c9-7(10)5-2-1-3-6(4-5)8(11)12;1-7-6-4-2-3-5-8-6/h1-4H,(H,9,10)(H,11,12);2-5H,1H3,(H,7,8). The minimum absolute atomic E-state index is 0.0186. The lowest BCUT2D eigenvalue weighted by atomic mass is 10.1. The van der Waals surface area contributed by atoms with Crippen LogP contribution in [-0.4, -0.2) is 34.2 Å². The van der Waals surface area contributed by atoms with Gasteiger partial charge in [-0.2, -0.15) is 0 Å². The molecule has 0 saturated heterocycles. The minimum atomic E-state index is -1.13. The molecule has 1 heterocycles. The van der Waals surface area contributed by atoms with Crippen molar-refractivity contribution in [3.8, 4) is 0 Å². The van der Waals surface area contributed by atoms with E-state index in [0.29, 0.717) is 0 Å². The normalized spacial score (nSPS) is 9.05. The van der Waals surface area contributed by atoms with Crippen molar-refractivity contribution in [3.63, 3.8) is 0 Å². The molecule has 0 atom stereocenters. The number of pyridine rings is 1. The summed E-state index contributed by atoms with van der Waals surface area (Å²) in [6, 6.07) is 10.9. The van der Waals surface area contributed by atoms with Crippen LogP contribution in [0.15, 0.2) is 48.7 Å². The third-order valence-corrected chi connectivity index (χ3v) is 2.28. The van der Waals surface area contributed by atoms with E-state index >= 15 is 0 Å². The molecule has 20 heavy (non-hydrogen) atoms. The molecule has 0 aliphatic rings. The maximum Gasteiger partial charge on any atom is 0.335 e. The highest BCUT2D eigenvalue weighted by molar-refractivity contribution is 5.93. The molecule has 2 rings (SSSR count). The zero-order valence-corrected chi connectivity index (χ0v) is 10.8. The van der Waals surface area contributed by atoms with Crippen molar-refractivity contribution in [1.29, 1.82) is 0 Å². The van der Waals surface area contributed by atoms with Gasteiger partial charge in [-0.3, -0.25) is 0 Å². The van der Waals surface area contributed by atoms with Gasteiger partial charge in [0.25, 0.3) is 0 Å². The second-order valence-electron chi connectivity index (χ2n) is 3.66. The van der Waals surface area contributed by atoms with Crippen LogP contribution in [0.25, 0.3) is 0 Å². The van der Waals surface area contributed by atoms with E-state index in [9.17, 15) is 9.59 Å². The average Bonchev–Trinajstić information content (AvgIpc) is 2.49. The molecule has 0 aliphatic heterocycles. The van der Waals surface area contributed by atoms with Crippen LogP contribution in [-0.2, 0) is 0 Å². The van der Waals surface area contributed by atoms with E-state index in [0.717, 1.165) is 11.9 Å². The monoisotopic (exact) mass is 274 g/mol. The first-order valence-corrected chi connectivity index (χ1v) is 5.70. The van der Waals surface area contributed by atoms with Gasteiger partial charge in [0.05, 0.1) is 11.1 Å². The van der Waals surface area contributed by atoms with Gasteiger partial charge in [-0.25, -0.2) is 14.6 Å². The number of aromatic nitrogens is 1. The molecule has 0 amide bonds. The Morgan fingerprint density at radius 1 is 1.00 bits per heavy atom. The molecule has 2 aromatic rings. The van der Waals surface area contributed by atoms with Crippen LogP contribution in [0, 0.1) is 0 Å². The van der Waals surface area contributed by atoms with E-state index in [1.54, 1.807) is 6.20 Å². The second kappa shape index (κ2) is 7.52. The third kappa shape index (κ3) is 4.77. The summed E-state index contributed by atoms with van der Waals surface area (Å²) in [5, 5.41) is 19.9. The summed E-state index contributed by atoms with van der Waals surface area (Å²) in [5.41, 5.74) is -0.0372. The lowest BCUT2D eigenvalue weighted by Crippen LogP contribution is -2.01. The maximum absolute atomic E-state index is 10.4. The van der Waals surface area contributed by atoms with Gasteiger partial charge in [0, 0.05) is 13.2 Å². The Morgan fingerprint density at radius 3 is 1.95 bits per heavy atom. The minimum Gasteiger partial charge on any atom is -0.478 e. The van der Waals surface area contributed by atoms with Crippen molar-refractivity contribution in [2.45, 2.75) is 0 Å². The summed E-state index contributed by atoms with van der Waals surface area (Å²) >= 11 is 0. The van der Waals surface area contributed by atoms with Crippen molar-refractivity contribution < 1.29 is 19.8 Å². The Labute approximate surface area is 115 Å². The van der Waals surface area contributed by atoms with E-state index in [-0.39, 0.29) is 11.1 Å². The highest BCUT2D eigenvalue weighted by Crippen LogP contribution is 2.04. The van der Waals surface area contributed by atoms with E-state index in [2.05, 4.69) is 10.3 Å². The fourth-order valence-electron chi connectivity index (χ4n) is 1.30. The topological polar surface area (TPSA) is 99.5 Å². The molecule has 0 fully saturated rings. The Hall–Kier alpha value is -2.89. The summed E-state index contributed by atoms with van der Waals surface area (Å²) in [7, 11) is 1.85. The number of benzene rings is 1. The number of carboxylic acid groups (broad SMARTS) is 2. The summed E-state index contributed by atoms with van der Waals surface area (Å²) in [4.78, 5) is 24.8. The molecule has 1 aromatic heterocycles. The highest BCUT2D eigenvalue weighted by atomic mass is 16.4. The predicted octanol–water partition coefficient (Wildman–Crippen LogP) is 2.21. The predicted molar refractivity (Wildman–Crippen MR) is 74.1 cm³/mol. The molecule has 0 bridgehead atoms. The van der Waals surface area contributed by atoms with Gasteiger partial charge in [-0.1, -0.05) is 12.1 Å². The Bertz CT molecular complexity index is 555. The summed E-state index contributed by atoms with van der Waals surface area (Å²) < 4.78 is 0. The number of hydrogen-bond donors (Lipinski definition) is 3. The first-order valence-electron chi connectivity index (χ1n) is 5.70. The lowest BCUT2D eigenvalue weighted by molar-refractivity contribution is 0.0696. The molecule has 104 valence electrons. The van der Waals surface area contributed by atoms with Gasteiger partial charge in [0.1, 0.15) is 5.82 Å². The van der Waals surface area contributed by atoms with Crippen LogP contribution in [0.4, 0.5) is 5.82 Å². The van der Waals surface area contributed by atoms with Gasteiger partial charge < -0.3 is 15.5 Å². The molecule has 0 spiro atoms. The molecule has 0 unspecified atom stereocenters. The van der Waals surface area contributed by atoms with E-state index in [1.807, 2.05) is 25.2 Å². The fraction of sp³-hybridized carbons (Fsp3) is 0.0714. The first kappa shape index (κ1) is 15.2. The Morgan fingerprint density at radius 2 is 1.60 bits per heavy atom. The van der Waals surface area contributed by atoms with Crippen LogP contribution in [0.1, 0.15) is 20.7 Å². The van der Waals surface area contributed by atoms with Crippen LogP contribution in [0.2, 0.25) is 0 Å². The smallest absolute Gasteiger partial charge is 0.335 e. The van der Waals surface area contributed by atoms with Crippen molar-refractivity contribution in [2.24, 2.45) is 0 Å². The van der Waals surface area contributed by atoms with E-state index < -0.39 is 11.9 Å². The quantitative estimate of drug-likeness (QED) is 0.793. The number of rotatable bonds is 3. The molecule has 6 heteroatoms. The van der Waals surface area contributed by atoms with Crippen LogP contribution < -0.4 is 5.32 Å². The van der Waals surface area contributed by atoms with Gasteiger partial charge >= 0.3 is 11.9 Å². The van der Waals surface area contributed by atoms with Crippen molar-refractivity contribution in [3.05, 3.63) is 59.8 Å². The van der Waals surface area contributed by atoms with Crippen LogP contribution >= 0.6 is 0 Å². The highest BCUT2D eigenvalue weighted by Gasteiger charge is 2.06. The molecule has 6 nitrogen and oxygen atoms in total. The Balaban J connectivity index is 0.000000217. The fourth-order valence-corrected chi connectivity index (χ4v) is 1.30. The number of aromatic carboxylic acids is 2. The largest absolute Gasteiger partial charge is 0.478 e. The number of carboxylic acids is 2. The van der Waals surface area contributed by atoms with Gasteiger partial charge in [-0.05, 0) is 30.3 Å². The lowest BCUT2D eigenvalue weighted by Gasteiger charge is -1.95. The van der Waals surface area contributed by atoms with Gasteiger partial charge in [-0.15, -0.1) is 0 Å². The molecule has 1 aromatic carbocycles. The van der Waals surface area contributed by atoms with Crippen molar-refractivity contribution in [1.82, 2.24) is 4.98 Å². The molecule has 0 radical (unpaired) electrons. The number of nitrogens with one attached hydrogen (secondary N) is 1. The summed E-state index contributed by atoms with van der Waals surface area (Å²) in [5.74, 6) is -1.34. The third-order valence-electron chi connectivity index (χ3n) is 2.28. The second-order valence-corrected chi connectivity index (χ2v) is 3.66. The van der Waals surface area contributed by atoms with Crippen molar-refractivity contribution >= 4 is 17.8 Å². The SMILES string of the molecule is CNc1ccccn1.O=C(O)c1cccc(C(=O)O)c1. The van der Waals surface area contributed by atoms with Crippen LogP contribution in [0.5, 0.6) is 0 Å².